The first-order valence-electron chi connectivity index (χ1n) is 7.67. The van der Waals surface area contributed by atoms with Gasteiger partial charge in [-0.1, -0.05) is 6.08 Å². The summed E-state index contributed by atoms with van der Waals surface area (Å²) >= 11 is 0. The molecule has 0 aromatic carbocycles. The maximum absolute atomic E-state index is 12.1. The maximum atomic E-state index is 12.1. The molecule has 1 saturated heterocycles. The van der Waals surface area contributed by atoms with E-state index >= 15 is 0 Å². The van der Waals surface area contributed by atoms with Gasteiger partial charge < -0.3 is 9.64 Å². The lowest BCUT2D eigenvalue weighted by atomic mass is 10.1. The van der Waals surface area contributed by atoms with Crippen LogP contribution in [0.25, 0.3) is 0 Å². The molecule has 0 aliphatic carbocycles. The molecule has 3 heterocycles. The summed E-state index contributed by atoms with van der Waals surface area (Å²) in [4.78, 5) is 11.2. The van der Waals surface area contributed by atoms with Crippen LogP contribution in [-0.2, 0) is 14.5 Å². The number of morpholine rings is 1. The number of pyridine rings is 1. The van der Waals surface area contributed by atoms with Crippen LogP contribution in [0.2, 0.25) is 0 Å². The molecule has 2 aliphatic heterocycles. The molecule has 1 aromatic heterocycles. The fraction of sp³-hybridized carbons (Fsp3) is 0.500. The minimum absolute atomic E-state index is 0.278. The molecule has 0 bridgehead atoms. The summed E-state index contributed by atoms with van der Waals surface area (Å²) in [5.41, 5.74) is 2.65. The molecule has 0 saturated carbocycles. The van der Waals surface area contributed by atoms with Gasteiger partial charge in [0.15, 0.2) is 5.82 Å². The van der Waals surface area contributed by atoms with E-state index in [4.69, 9.17) is 4.74 Å². The number of rotatable bonds is 3. The average Bonchev–Trinajstić information content (AvgIpc) is 2.99. The summed E-state index contributed by atoms with van der Waals surface area (Å²) in [7, 11) is -2.27. The van der Waals surface area contributed by atoms with Crippen LogP contribution in [0.5, 0.6) is 0 Å². The van der Waals surface area contributed by atoms with Gasteiger partial charge in [-0.05, 0) is 19.1 Å². The Kier molecular flexibility index (Phi) is 4.50. The van der Waals surface area contributed by atoms with Crippen molar-refractivity contribution in [3.8, 4) is 0 Å². The fourth-order valence-electron chi connectivity index (χ4n) is 2.72. The van der Waals surface area contributed by atoms with E-state index in [1.165, 1.54) is 0 Å². The maximum Gasteiger partial charge on any atom is 0.164 e. The second-order valence-corrected chi connectivity index (χ2v) is 8.63. The summed E-state index contributed by atoms with van der Waals surface area (Å²) in [5.74, 6) is 0.495. The predicted molar refractivity (Wildman–Crippen MR) is 94.5 cm³/mol. The minimum atomic E-state index is -2.27. The Bertz CT molecular complexity index is 750. The van der Waals surface area contributed by atoms with E-state index in [-0.39, 0.29) is 6.04 Å². The Morgan fingerprint density at radius 2 is 2.22 bits per heavy atom. The first-order chi connectivity index (χ1) is 10.9. The van der Waals surface area contributed by atoms with Gasteiger partial charge >= 0.3 is 0 Å². The van der Waals surface area contributed by atoms with E-state index < -0.39 is 9.73 Å². The van der Waals surface area contributed by atoms with E-state index in [9.17, 15) is 4.21 Å². The van der Waals surface area contributed by atoms with Gasteiger partial charge in [-0.3, -0.25) is 4.99 Å². The highest BCUT2D eigenvalue weighted by atomic mass is 32.2. The topological polar surface area (TPSA) is 67.2 Å². The normalized spacial score (nSPS) is 21.4. The molecule has 0 spiro atoms. The van der Waals surface area contributed by atoms with Crippen molar-refractivity contribution in [2.45, 2.75) is 13.0 Å². The highest BCUT2D eigenvalue weighted by Gasteiger charge is 2.21. The van der Waals surface area contributed by atoms with Gasteiger partial charge in [0.2, 0.25) is 0 Å². The third-order valence-corrected chi connectivity index (χ3v) is 4.34. The Morgan fingerprint density at radius 1 is 1.39 bits per heavy atom. The molecule has 0 N–H and O–H groups in total. The third kappa shape index (κ3) is 3.97. The Hall–Kier alpha value is -1.73. The molecule has 7 heteroatoms. The van der Waals surface area contributed by atoms with Crippen molar-refractivity contribution >= 4 is 26.9 Å². The lowest BCUT2D eigenvalue weighted by molar-refractivity contribution is 0.0989. The first-order valence-corrected chi connectivity index (χ1v) is 10.0. The lowest BCUT2D eigenvalue weighted by Gasteiger charge is -2.35. The standard InChI is InChI=1S/C16H22N4O2S/c1-12-11-22-8-7-20(12)13-9-15(14-5-4-6-17-14)18-16(10-13)19-23(2,3)21/h4-5,9-10,12H,6-8,11H2,1-3H3/t12-/m1/s1. The van der Waals surface area contributed by atoms with Crippen molar-refractivity contribution in [1.82, 2.24) is 4.98 Å². The molecule has 0 unspecified atom stereocenters. The number of ether oxygens (including phenoxy) is 1. The Labute approximate surface area is 137 Å². The zero-order valence-electron chi connectivity index (χ0n) is 13.7. The van der Waals surface area contributed by atoms with Crippen LogP contribution in [0.4, 0.5) is 11.5 Å². The lowest BCUT2D eigenvalue weighted by Crippen LogP contribution is -2.43. The van der Waals surface area contributed by atoms with Gasteiger partial charge in [0.1, 0.15) is 0 Å². The van der Waals surface area contributed by atoms with Crippen molar-refractivity contribution in [3.05, 3.63) is 30.0 Å². The SMILES string of the molecule is C[C@@H]1COCCN1c1cc(N=S(C)(C)=O)nc(C2=NCC=C2)c1. The molecule has 2 aliphatic rings. The van der Waals surface area contributed by atoms with Gasteiger partial charge in [-0.2, -0.15) is 4.36 Å². The van der Waals surface area contributed by atoms with Crippen molar-refractivity contribution in [3.63, 3.8) is 0 Å². The zero-order chi connectivity index (χ0) is 16.4. The molecular weight excluding hydrogens is 312 g/mol. The predicted octanol–water partition coefficient (Wildman–Crippen LogP) is 2.02. The molecule has 1 atom stereocenters. The number of anilines is 1. The van der Waals surface area contributed by atoms with Crippen molar-refractivity contribution in [1.29, 1.82) is 0 Å². The second-order valence-electron chi connectivity index (χ2n) is 6.09. The molecule has 1 fully saturated rings. The minimum Gasteiger partial charge on any atom is -0.377 e. The fourth-order valence-corrected chi connectivity index (χ4v) is 3.26. The smallest absolute Gasteiger partial charge is 0.164 e. The summed E-state index contributed by atoms with van der Waals surface area (Å²) in [6.07, 6.45) is 7.20. The van der Waals surface area contributed by atoms with Crippen molar-refractivity contribution < 1.29 is 8.95 Å². The molecule has 6 nitrogen and oxygen atoms in total. The van der Waals surface area contributed by atoms with Crippen LogP contribution in [0.1, 0.15) is 12.6 Å². The highest BCUT2D eigenvalue weighted by Crippen LogP contribution is 2.26. The van der Waals surface area contributed by atoms with Gasteiger partial charge in [-0.25, -0.2) is 9.19 Å². The third-order valence-electron chi connectivity index (χ3n) is 3.71. The number of aliphatic imine (C=N–C) groups is 1. The van der Waals surface area contributed by atoms with Crippen LogP contribution in [0.3, 0.4) is 0 Å². The zero-order valence-corrected chi connectivity index (χ0v) is 14.5. The van der Waals surface area contributed by atoms with Gasteiger partial charge in [0, 0.05) is 46.6 Å². The van der Waals surface area contributed by atoms with E-state index in [0.29, 0.717) is 25.6 Å². The van der Waals surface area contributed by atoms with E-state index in [1.807, 2.05) is 24.3 Å². The Balaban J connectivity index is 2.07. The van der Waals surface area contributed by atoms with Crippen LogP contribution >= 0.6 is 0 Å². The molecule has 23 heavy (non-hydrogen) atoms. The quantitative estimate of drug-likeness (QED) is 0.848. The monoisotopic (exact) mass is 334 g/mol. The number of nitrogens with zero attached hydrogens (tertiary/aromatic N) is 4. The number of allylic oxidation sites excluding steroid dienone is 1. The number of aromatic nitrogens is 1. The molecule has 0 amide bonds. The number of hydrogen-bond donors (Lipinski definition) is 0. The van der Waals surface area contributed by atoms with E-state index in [2.05, 4.69) is 26.2 Å². The summed E-state index contributed by atoms with van der Waals surface area (Å²) < 4.78 is 21.9. The summed E-state index contributed by atoms with van der Waals surface area (Å²) in [6, 6.07) is 4.21. The van der Waals surface area contributed by atoms with E-state index in [0.717, 1.165) is 23.6 Å². The van der Waals surface area contributed by atoms with Gasteiger partial charge in [-0.15, -0.1) is 0 Å². The van der Waals surface area contributed by atoms with Gasteiger partial charge in [0.05, 0.1) is 31.2 Å². The molecule has 0 radical (unpaired) electrons. The second kappa shape index (κ2) is 6.41. The highest BCUT2D eigenvalue weighted by molar-refractivity contribution is 7.92. The van der Waals surface area contributed by atoms with E-state index in [1.54, 1.807) is 12.5 Å². The van der Waals surface area contributed by atoms with Crippen LogP contribution < -0.4 is 4.90 Å². The molecular formula is C16H22N4O2S. The first kappa shape index (κ1) is 16.1. The summed E-state index contributed by atoms with van der Waals surface area (Å²) in [5, 5.41) is 0. The molecule has 1 aromatic rings. The van der Waals surface area contributed by atoms with Gasteiger partial charge in [0.25, 0.3) is 0 Å². The van der Waals surface area contributed by atoms with Crippen molar-refractivity contribution in [2.24, 2.45) is 9.36 Å². The molecule has 124 valence electrons. The molecule has 3 rings (SSSR count). The average molecular weight is 334 g/mol. The largest absolute Gasteiger partial charge is 0.377 e. The van der Waals surface area contributed by atoms with Crippen LogP contribution in [0.15, 0.2) is 33.6 Å². The van der Waals surface area contributed by atoms with Crippen LogP contribution in [0, 0.1) is 0 Å². The Morgan fingerprint density at radius 3 is 2.87 bits per heavy atom. The van der Waals surface area contributed by atoms with Crippen LogP contribution in [-0.4, -0.2) is 59.8 Å². The summed E-state index contributed by atoms with van der Waals surface area (Å²) in [6.45, 7) is 5.03. The van der Waals surface area contributed by atoms with Crippen molar-refractivity contribution in [2.75, 3.05) is 43.7 Å². The number of hydrogen-bond acceptors (Lipinski definition) is 6.